The van der Waals surface area contributed by atoms with Crippen LogP contribution in [0.5, 0.6) is 0 Å². The lowest BCUT2D eigenvalue weighted by molar-refractivity contribution is -0.159. The molecule has 1 rings (SSSR count). The minimum absolute atomic E-state index is 0.204. The molecule has 0 aliphatic heterocycles. The Labute approximate surface area is 116 Å². The summed E-state index contributed by atoms with van der Waals surface area (Å²) in [4.78, 5) is 1.19. The molecule has 0 heterocycles. The average molecular weight is 290 g/mol. The number of halogens is 3. The summed E-state index contributed by atoms with van der Waals surface area (Å²) in [5.41, 5.74) is 6.17. The summed E-state index contributed by atoms with van der Waals surface area (Å²) in [6, 6.07) is 9.35. The molecule has 106 valence electrons. The topological polar surface area (TPSA) is 29.3 Å². The highest BCUT2D eigenvalue weighted by Crippen LogP contribution is 2.27. The molecule has 0 saturated heterocycles. The molecule has 19 heavy (non-hydrogen) atoms. The molecule has 1 aromatic carbocycles. The maximum absolute atomic E-state index is 12.8. The number of hydrogen-bond acceptors (Lipinski definition) is 2. The average Bonchev–Trinajstić information content (AvgIpc) is 2.33. The normalized spacial score (nSPS) is 13.5. The van der Waals surface area contributed by atoms with E-state index >= 15 is 0 Å². The third-order valence-electron chi connectivity index (χ3n) is 2.88. The Bertz CT molecular complexity index is 406. The van der Waals surface area contributed by atoms with E-state index in [1.165, 1.54) is 0 Å². The van der Waals surface area contributed by atoms with Crippen molar-refractivity contribution < 1.29 is 13.2 Å². The van der Waals surface area contributed by atoms with Crippen molar-refractivity contribution in [3.05, 3.63) is 35.9 Å². The van der Waals surface area contributed by atoms with Crippen molar-refractivity contribution >= 4 is 17.2 Å². The molecule has 1 unspecified atom stereocenters. The van der Waals surface area contributed by atoms with Gasteiger partial charge in [0.05, 0.1) is 4.99 Å². The highest BCUT2D eigenvalue weighted by atomic mass is 32.1. The number of hydrogen-bond donors (Lipinski definition) is 1. The highest BCUT2D eigenvalue weighted by Gasteiger charge is 2.42. The summed E-state index contributed by atoms with van der Waals surface area (Å²) in [7, 11) is 0. The maximum atomic E-state index is 12.8. The van der Waals surface area contributed by atoms with Crippen molar-refractivity contribution in [3.63, 3.8) is 0 Å². The van der Waals surface area contributed by atoms with Gasteiger partial charge in [0.15, 0.2) is 0 Å². The molecule has 6 heteroatoms. The summed E-state index contributed by atoms with van der Waals surface area (Å²) in [5, 5.41) is 0. The summed E-state index contributed by atoms with van der Waals surface area (Å²) >= 11 is 4.53. The lowest BCUT2D eigenvalue weighted by atomic mass is 10.1. The van der Waals surface area contributed by atoms with Crippen LogP contribution in [-0.4, -0.2) is 29.2 Å². The second kappa shape index (κ2) is 6.86. The van der Waals surface area contributed by atoms with E-state index in [0.717, 1.165) is 5.56 Å². The first-order valence-electron chi connectivity index (χ1n) is 5.97. The molecule has 2 N–H and O–H groups in total. The van der Waals surface area contributed by atoms with Crippen molar-refractivity contribution in [3.8, 4) is 0 Å². The van der Waals surface area contributed by atoms with E-state index in [2.05, 4.69) is 12.2 Å². The van der Waals surface area contributed by atoms with Crippen LogP contribution in [-0.2, 0) is 6.54 Å². The van der Waals surface area contributed by atoms with Gasteiger partial charge in [-0.25, -0.2) is 0 Å². The van der Waals surface area contributed by atoms with Crippen LogP contribution in [0.4, 0.5) is 13.2 Å². The molecule has 2 nitrogen and oxygen atoms in total. The molecular weight excluding hydrogens is 273 g/mol. The lowest BCUT2D eigenvalue weighted by Gasteiger charge is -2.27. The van der Waals surface area contributed by atoms with Crippen LogP contribution >= 0.6 is 12.2 Å². The third kappa shape index (κ3) is 5.16. The van der Waals surface area contributed by atoms with Gasteiger partial charge in [-0.1, -0.05) is 49.5 Å². The van der Waals surface area contributed by atoms with Crippen LogP contribution in [0.25, 0.3) is 0 Å². The number of benzene rings is 1. The van der Waals surface area contributed by atoms with E-state index in [-0.39, 0.29) is 6.54 Å². The molecule has 0 aromatic heterocycles. The number of thiocarbonyl (C=S) groups is 1. The quantitative estimate of drug-likeness (QED) is 0.817. The van der Waals surface area contributed by atoms with E-state index in [9.17, 15) is 13.2 Å². The van der Waals surface area contributed by atoms with Gasteiger partial charge in [-0.2, -0.15) is 13.2 Å². The predicted octanol–water partition coefficient (Wildman–Crippen LogP) is 2.97. The molecule has 1 atom stereocenters. The second-order valence-electron chi connectivity index (χ2n) is 4.31. The zero-order chi connectivity index (χ0) is 14.5. The molecule has 0 radical (unpaired) electrons. The first-order chi connectivity index (χ1) is 8.84. The van der Waals surface area contributed by atoms with Crippen molar-refractivity contribution in [2.45, 2.75) is 19.6 Å². The van der Waals surface area contributed by atoms with Crippen LogP contribution in [0.3, 0.4) is 0 Å². The van der Waals surface area contributed by atoms with Gasteiger partial charge in [-0.05, 0) is 12.1 Å². The fraction of sp³-hybridized carbons (Fsp3) is 0.462. The third-order valence-corrected chi connectivity index (χ3v) is 3.16. The standard InChI is InChI=1S/C13H17F3N2S/c1-2-18(8-10-6-4-3-5-7-10)9-11(12(17)19)13(14,15)16/h3-7,11H,2,8-9H2,1H3,(H2,17,19). The monoisotopic (exact) mass is 290 g/mol. The summed E-state index contributed by atoms with van der Waals surface area (Å²) in [6.45, 7) is 2.57. The fourth-order valence-electron chi connectivity index (χ4n) is 1.76. The minimum Gasteiger partial charge on any atom is -0.393 e. The molecule has 0 saturated carbocycles. The van der Waals surface area contributed by atoms with Gasteiger partial charge < -0.3 is 5.73 Å². The highest BCUT2D eigenvalue weighted by molar-refractivity contribution is 7.80. The van der Waals surface area contributed by atoms with Crippen LogP contribution in [0, 0.1) is 5.92 Å². The second-order valence-corrected chi connectivity index (χ2v) is 4.78. The predicted molar refractivity (Wildman–Crippen MR) is 73.7 cm³/mol. The van der Waals surface area contributed by atoms with Gasteiger partial charge in [0.2, 0.25) is 0 Å². The first kappa shape index (κ1) is 15.9. The maximum Gasteiger partial charge on any atom is 0.399 e. The molecule has 0 bridgehead atoms. The van der Waals surface area contributed by atoms with E-state index < -0.39 is 17.1 Å². The van der Waals surface area contributed by atoms with Crippen LogP contribution in [0.2, 0.25) is 0 Å². The van der Waals surface area contributed by atoms with Crippen molar-refractivity contribution in [1.82, 2.24) is 4.90 Å². The van der Waals surface area contributed by atoms with Crippen LogP contribution in [0.15, 0.2) is 30.3 Å². The van der Waals surface area contributed by atoms with Gasteiger partial charge in [-0.3, -0.25) is 4.90 Å². The van der Waals surface area contributed by atoms with Crippen molar-refractivity contribution in [1.29, 1.82) is 0 Å². The Morgan fingerprint density at radius 1 is 1.32 bits per heavy atom. The van der Waals surface area contributed by atoms with Crippen LogP contribution < -0.4 is 5.73 Å². The van der Waals surface area contributed by atoms with Crippen molar-refractivity contribution in [2.75, 3.05) is 13.1 Å². The first-order valence-corrected chi connectivity index (χ1v) is 6.37. The van der Waals surface area contributed by atoms with Gasteiger partial charge in [0.25, 0.3) is 0 Å². The minimum atomic E-state index is -4.39. The van der Waals surface area contributed by atoms with E-state index in [1.54, 1.807) is 4.90 Å². The molecule has 0 aliphatic carbocycles. The zero-order valence-corrected chi connectivity index (χ0v) is 11.5. The van der Waals surface area contributed by atoms with E-state index in [1.807, 2.05) is 37.3 Å². The molecular formula is C13H17F3N2S. The largest absolute Gasteiger partial charge is 0.399 e. The van der Waals surface area contributed by atoms with E-state index in [4.69, 9.17) is 5.73 Å². The Morgan fingerprint density at radius 3 is 2.32 bits per heavy atom. The summed E-state index contributed by atoms with van der Waals surface area (Å²) in [5.74, 6) is -1.76. The molecule has 0 spiro atoms. The summed E-state index contributed by atoms with van der Waals surface area (Å²) < 4.78 is 38.4. The zero-order valence-electron chi connectivity index (χ0n) is 10.7. The molecule has 0 aliphatic rings. The van der Waals surface area contributed by atoms with Gasteiger partial charge in [0, 0.05) is 13.1 Å². The Morgan fingerprint density at radius 2 is 1.89 bits per heavy atom. The SMILES string of the molecule is CCN(Cc1ccccc1)CC(C(N)=S)C(F)(F)F. The van der Waals surface area contributed by atoms with Gasteiger partial charge >= 0.3 is 6.18 Å². The Kier molecular flexibility index (Phi) is 5.75. The fourth-order valence-corrected chi connectivity index (χ4v) is 1.97. The Balaban J connectivity index is 2.73. The number of nitrogens with zero attached hydrogens (tertiary/aromatic N) is 1. The van der Waals surface area contributed by atoms with Gasteiger partial charge in [-0.15, -0.1) is 0 Å². The van der Waals surface area contributed by atoms with Crippen LogP contribution in [0.1, 0.15) is 12.5 Å². The van der Waals surface area contributed by atoms with E-state index in [0.29, 0.717) is 13.1 Å². The molecule has 1 aromatic rings. The summed E-state index contributed by atoms with van der Waals surface area (Å²) in [6.07, 6.45) is -4.39. The Hall–Kier alpha value is -1.14. The number of alkyl halides is 3. The lowest BCUT2D eigenvalue weighted by Crippen LogP contribution is -2.43. The molecule has 0 amide bonds. The van der Waals surface area contributed by atoms with Crippen molar-refractivity contribution in [2.24, 2.45) is 11.7 Å². The van der Waals surface area contributed by atoms with Gasteiger partial charge in [0.1, 0.15) is 5.92 Å². The smallest absolute Gasteiger partial charge is 0.393 e. The number of nitrogens with two attached hydrogens (primary N) is 1. The molecule has 0 fully saturated rings. The number of rotatable bonds is 6.